The van der Waals surface area contributed by atoms with Gasteiger partial charge in [0.25, 0.3) is 0 Å². The van der Waals surface area contributed by atoms with Crippen LogP contribution in [0.15, 0.2) is 42.5 Å². The molecule has 3 aliphatic rings. The van der Waals surface area contributed by atoms with Gasteiger partial charge in [0.2, 0.25) is 5.91 Å². The van der Waals surface area contributed by atoms with Crippen molar-refractivity contribution in [2.24, 2.45) is 11.8 Å². The molecule has 2 aliphatic heterocycles. The molecule has 2 aromatic rings. The van der Waals surface area contributed by atoms with Crippen molar-refractivity contribution < 1.29 is 18.7 Å². The van der Waals surface area contributed by atoms with E-state index in [0.717, 1.165) is 18.7 Å². The number of amides is 2. The molecule has 1 aliphatic carbocycles. The van der Waals surface area contributed by atoms with Gasteiger partial charge in [-0.15, -0.1) is 0 Å². The van der Waals surface area contributed by atoms with Crippen LogP contribution in [0.1, 0.15) is 12.5 Å². The van der Waals surface area contributed by atoms with Crippen LogP contribution in [-0.4, -0.2) is 44.3 Å². The van der Waals surface area contributed by atoms with Gasteiger partial charge < -0.3 is 15.4 Å². The molecule has 2 heterocycles. The van der Waals surface area contributed by atoms with E-state index in [2.05, 4.69) is 16.7 Å². The molecule has 1 saturated carbocycles. The summed E-state index contributed by atoms with van der Waals surface area (Å²) >= 11 is 0. The van der Waals surface area contributed by atoms with Gasteiger partial charge in [0.05, 0.1) is 24.6 Å². The first kappa shape index (κ1) is 20.5. The van der Waals surface area contributed by atoms with Gasteiger partial charge >= 0.3 is 6.09 Å². The predicted octanol–water partition coefficient (Wildman–Crippen LogP) is 2.56. The summed E-state index contributed by atoms with van der Waals surface area (Å²) in [4.78, 5) is 24.8. The van der Waals surface area contributed by atoms with E-state index in [9.17, 15) is 14.9 Å². The van der Waals surface area contributed by atoms with E-state index in [1.54, 1.807) is 18.2 Å². The fourth-order valence-corrected chi connectivity index (χ4v) is 5.13. The van der Waals surface area contributed by atoms with Gasteiger partial charge in [0, 0.05) is 43.1 Å². The van der Waals surface area contributed by atoms with E-state index in [1.165, 1.54) is 17.9 Å². The van der Waals surface area contributed by atoms with Crippen LogP contribution >= 0.6 is 0 Å². The number of halogens is 1. The molecule has 164 valence electrons. The van der Waals surface area contributed by atoms with Crippen LogP contribution in [-0.2, 0) is 14.9 Å². The molecule has 2 saturated heterocycles. The summed E-state index contributed by atoms with van der Waals surface area (Å²) in [6, 6.07) is 14.7. The van der Waals surface area contributed by atoms with Crippen LogP contribution < -0.4 is 15.5 Å². The lowest BCUT2D eigenvalue weighted by molar-refractivity contribution is -0.119. The van der Waals surface area contributed by atoms with Crippen molar-refractivity contribution in [1.29, 1.82) is 5.26 Å². The Balaban J connectivity index is 1.32. The van der Waals surface area contributed by atoms with Crippen molar-refractivity contribution in [2.45, 2.75) is 18.4 Å². The number of carbonyl (C=O) groups is 2. The highest BCUT2D eigenvalue weighted by atomic mass is 19.1. The van der Waals surface area contributed by atoms with Gasteiger partial charge in [0.15, 0.2) is 0 Å². The van der Waals surface area contributed by atoms with E-state index in [1.807, 2.05) is 18.2 Å². The number of rotatable bonds is 5. The number of piperidine rings is 1. The summed E-state index contributed by atoms with van der Waals surface area (Å²) in [5, 5.41) is 15.7. The van der Waals surface area contributed by atoms with E-state index in [4.69, 9.17) is 4.74 Å². The van der Waals surface area contributed by atoms with Gasteiger partial charge in [-0.1, -0.05) is 24.3 Å². The maximum absolute atomic E-state index is 15.0. The lowest BCUT2D eigenvalue weighted by Crippen LogP contribution is -2.33. The second-order valence-electron chi connectivity index (χ2n) is 8.65. The van der Waals surface area contributed by atoms with E-state index in [-0.39, 0.29) is 30.1 Å². The molecule has 8 heteroatoms. The minimum atomic E-state index is -0.707. The van der Waals surface area contributed by atoms with Crippen molar-refractivity contribution in [3.05, 3.63) is 53.8 Å². The molecule has 5 rings (SSSR count). The molecule has 4 atom stereocenters. The molecule has 3 fully saturated rings. The maximum atomic E-state index is 15.0. The topological polar surface area (TPSA) is 94.5 Å². The Morgan fingerprint density at radius 3 is 2.56 bits per heavy atom. The molecule has 32 heavy (non-hydrogen) atoms. The molecule has 0 radical (unpaired) electrons. The summed E-state index contributed by atoms with van der Waals surface area (Å²) in [5.41, 5.74) is 1.97. The fraction of sp³-hybridized carbons (Fsp3) is 0.375. The summed E-state index contributed by atoms with van der Waals surface area (Å²) in [5.74, 6) is -0.167. The van der Waals surface area contributed by atoms with Crippen molar-refractivity contribution in [1.82, 2.24) is 10.6 Å². The summed E-state index contributed by atoms with van der Waals surface area (Å²) in [7, 11) is 0. The average Bonchev–Trinajstić information content (AvgIpc) is 3.11. The standard InChI is InChI=1S/C24H23FN4O3/c1-14(30)28-9-18-12-29(23(31)32-18)17-5-2-15(3-6-17)16-4-7-19(22(25)8-16)24(13-26)20-10-27-11-21(20)24/h2-8,18,20-21,27H,9-12H2,1H3,(H,28,30)/t18-,20-,21+,24+/m0/s1. The number of nitriles is 1. The smallest absolute Gasteiger partial charge is 0.414 e. The predicted molar refractivity (Wildman–Crippen MR) is 115 cm³/mol. The first-order valence-electron chi connectivity index (χ1n) is 10.7. The first-order valence-corrected chi connectivity index (χ1v) is 10.7. The van der Waals surface area contributed by atoms with Crippen LogP contribution in [0.3, 0.4) is 0 Å². The number of hydrogen-bond donors (Lipinski definition) is 2. The molecule has 2 aromatic carbocycles. The zero-order valence-corrected chi connectivity index (χ0v) is 17.6. The largest absolute Gasteiger partial charge is 0.442 e. The molecular formula is C24H23FN4O3. The number of carbonyl (C=O) groups excluding carboxylic acids is 2. The number of nitrogens with one attached hydrogen (secondary N) is 2. The van der Waals surface area contributed by atoms with E-state index >= 15 is 4.39 Å². The van der Waals surface area contributed by atoms with Crippen molar-refractivity contribution in [3.8, 4) is 17.2 Å². The quantitative estimate of drug-likeness (QED) is 0.754. The number of hydrogen-bond acceptors (Lipinski definition) is 5. The number of benzene rings is 2. The third-order valence-corrected chi connectivity index (χ3v) is 6.84. The zero-order chi connectivity index (χ0) is 22.5. The average molecular weight is 434 g/mol. The molecule has 2 amide bonds. The van der Waals surface area contributed by atoms with Crippen molar-refractivity contribution in [3.63, 3.8) is 0 Å². The molecule has 2 N–H and O–H groups in total. The van der Waals surface area contributed by atoms with Gasteiger partial charge in [0.1, 0.15) is 11.9 Å². The number of nitrogens with zero attached hydrogens (tertiary/aromatic N) is 2. The third kappa shape index (κ3) is 3.21. The fourth-order valence-electron chi connectivity index (χ4n) is 5.13. The van der Waals surface area contributed by atoms with Crippen molar-refractivity contribution >= 4 is 17.7 Å². The summed E-state index contributed by atoms with van der Waals surface area (Å²) in [6.45, 7) is 3.53. The van der Waals surface area contributed by atoms with Crippen LogP contribution in [0.5, 0.6) is 0 Å². The summed E-state index contributed by atoms with van der Waals surface area (Å²) in [6.07, 6.45) is -0.868. The molecule has 0 unspecified atom stereocenters. The molecule has 0 aromatic heterocycles. The minimum Gasteiger partial charge on any atom is -0.442 e. The Morgan fingerprint density at radius 2 is 1.94 bits per heavy atom. The lowest BCUT2D eigenvalue weighted by atomic mass is 9.90. The Bertz CT molecular complexity index is 1120. The van der Waals surface area contributed by atoms with Gasteiger partial charge in [-0.05, 0) is 29.3 Å². The normalized spacial score (nSPS) is 28.1. The highest BCUT2D eigenvalue weighted by Crippen LogP contribution is 2.61. The maximum Gasteiger partial charge on any atom is 0.414 e. The van der Waals surface area contributed by atoms with E-state index in [0.29, 0.717) is 23.4 Å². The number of cyclic esters (lactones) is 1. The summed E-state index contributed by atoms with van der Waals surface area (Å²) < 4.78 is 20.3. The number of ether oxygens (including phenoxy) is 1. The van der Waals surface area contributed by atoms with Crippen molar-refractivity contribution in [2.75, 3.05) is 31.1 Å². The van der Waals surface area contributed by atoms with Gasteiger partial charge in [-0.2, -0.15) is 5.26 Å². The highest BCUT2D eigenvalue weighted by Gasteiger charge is 2.68. The second-order valence-corrected chi connectivity index (χ2v) is 8.65. The number of anilines is 1. The van der Waals surface area contributed by atoms with Crippen LogP contribution in [0.2, 0.25) is 0 Å². The first-order chi connectivity index (χ1) is 15.4. The minimum absolute atomic E-state index is 0.177. The van der Waals surface area contributed by atoms with Crippen LogP contribution in [0.25, 0.3) is 11.1 Å². The van der Waals surface area contributed by atoms with Crippen LogP contribution in [0.4, 0.5) is 14.9 Å². The Morgan fingerprint density at radius 1 is 1.25 bits per heavy atom. The zero-order valence-electron chi connectivity index (χ0n) is 17.6. The molecule has 0 bridgehead atoms. The Hall–Kier alpha value is -3.44. The third-order valence-electron chi connectivity index (χ3n) is 6.84. The SMILES string of the molecule is CC(=O)NC[C@H]1CN(c2ccc(-c3ccc([C@@]4(C#N)[C@@H]5CNC[C@@H]54)c(F)c3)cc2)C(=O)O1. The second kappa shape index (κ2) is 7.61. The molecular weight excluding hydrogens is 411 g/mol. The Labute approximate surface area is 185 Å². The van der Waals surface area contributed by atoms with Gasteiger partial charge in [-0.3, -0.25) is 9.69 Å². The highest BCUT2D eigenvalue weighted by molar-refractivity contribution is 5.90. The molecule has 7 nitrogen and oxygen atoms in total. The molecule has 0 spiro atoms. The lowest BCUT2D eigenvalue weighted by Gasteiger charge is -2.16. The van der Waals surface area contributed by atoms with E-state index < -0.39 is 17.6 Å². The number of fused-ring (bicyclic) bond motifs is 1. The Kier molecular flexibility index (Phi) is 4.86. The van der Waals surface area contributed by atoms with Gasteiger partial charge in [-0.25, -0.2) is 9.18 Å². The van der Waals surface area contributed by atoms with Crippen LogP contribution in [0, 0.1) is 29.0 Å². The monoisotopic (exact) mass is 434 g/mol.